The fourth-order valence-corrected chi connectivity index (χ4v) is 3.83. The van der Waals surface area contributed by atoms with Gasteiger partial charge in [0.05, 0.1) is 0 Å². The standard InChI is InChI=1S/C14H26N2O5S/c1-9(2)13(14(18)19)15-12(17)8-22(20,21)16-11-6-4-10(3)5-7-11/h9-11,13,16H,4-8H2,1-3H3,(H,15,17)(H,18,19). The van der Waals surface area contributed by atoms with Gasteiger partial charge in [-0.3, -0.25) is 4.79 Å². The molecule has 7 nitrogen and oxygen atoms in total. The van der Waals surface area contributed by atoms with Crippen molar-refractivity contribution in [2.75, 3.05) is 5.75 Å². The first kappa shape index (κ1) is 18.9. The highest BCUT2D eigenvalue weighted by Gasteiger charge is 2.28. The molecule has 0 aliphatic heterocycles. The number of rotatable bonds is 7. The van der Waals surface area contributed by atoms with Gasteiger partial charge in [-0.2, -0.15) is 0 Å². The van der Waals surface area contributed by atoms with Crippen molar-refractivity contribution in [3.05, 3.63) is 0 Å². The van der Waals surface area contributed by atoms with E-state index in [1.54, 1.807) is 13.8 Å². The van der Waals surface area contributed by atoms with Crippen LogP contribution >= 0.6 is 0 Å². The van der Waals surface area contributed by atoms with E-state index in [9.17, 15) is 18.0 Å². The van der Waals surface area contributed by atoms with Crippen LogP contribution < -0.4 is 10.0 Å². The van der Waals surface area contributed by atoms with E-state index in [1.807, 2.05) is 0 Å². The maximum atomic E-state index is 12.0. The van der Waals surface area contributed by atoms with Gasteiger partial charge in [0.25, 0.3) is 0 Å². The number of hydrogen-bond acceptors (Lipinski definition) is 4. The summed E-state index contributed by atoms with van der Waals surface area (Å²) < 4.78 is 26.5. The lowest BCUT2D eigenvalue weighted by atomic mass is 9.88. The van der Waals surface area contributed by atoms with Gasteiger partial charge in [-0.1, -0.05) is 20.8 Å². The fourth-order valence-electron chi connectivity index (χ4n) is 2.57. The summed E-state index contributed by atoms with van der Waals surface area (Å²) in [5.74, 6) is -2.42. The second-order valence-electron chi connectivity index (χ2n) is 6.46. The van der Waals surface area contributed by atoms with Crippen LogP contribution in [0.25, 0.3) is 0 Å². The quantitative estimate of drug-likeness (QED) is 0.635. The van der Waals surface area contributed by atoms with Crippen molar-refractivity contribution < 1.29 is 23.1 Å². The largest absolute Gasteiger partial charge is 0.480 e. The number of carboxylic acid groups (broad SMARTS) is 1. The summed E-state index contributed by atoms with van der Waals surface area (Å²) in [7, 11) is -3.75. The van der Waals surface area contributed by atoms with Crippen LogP contribution in [0.15, 0.2) is 0 Å². The van der Waals surface area contributed by atoms with E-state index < -0.39 is 33.7 Å². The number of carbonyl (C=O) groups excluding carboxylic acids is 1. The number of hydrogen-bond donors (Lipinski definition) is 3. The Bertz CT molecular complexity index is 495. The predicted molar refractivity (Wildman–Crippen MR) is 82.7 cm³/mol. The van der Waals surface area contributed by atoms with Gasteiger partial charge in [0.15, 0.2) is 0 Å². The molecule has 3 N–H and O–H groups in total. The Morgan fingerprint density at radius 3 is 2.18 bits per heavy atom. The van der Waals surface area contributed by atoms with Crippen LogP contribution in [0.3, 0.4) is 0 Å². The molecule has 0 saturated heterocycles. The summed E-state index contributed by atoms with van der Waals surface area (Å²) in [5.41, 5.74) is 0. The third kappa shape index (κ3) is 6.31. The molecule has 0 aromatic rings. The van der Waals surface area contributed by atoms with Crippen molar-refractivity contribution in [2.45, 2.75) is 58.5 Å². The Balaban J connectivity index is 2.53. The monoisotopic (exact) mass is 334 g/mol. The van der Waals surface area contributed by atoms with Gasteiger partial charge < -0.3 is 10.4 Å². The third-order valence-electron chi connectivity index (χ3n) is 3.93. The molecule has 0 radical (unpaired) electrons. The average molecular weight is 334 g/mol. The van der Waals surface area contributed by atoms with Crippen molar-refractivity contribution >= 4 is 21.9 Å². The maximum Gasteiger partial charge on any atom is 0.326 e. The van der Waals surface area contributed by atoms with E-state index in [1.165, 1.54) is 0 Å². The minimum atomic E-state index is -3.75. The summed E-state index contributed by atoms with van der Waals surface area (Å²) in [6.07, 6.45) is 3.47. The van der Waals surface area contributed by atoms with Crippen LogP contribution in [-0.4, -0.2) is 43.2 Å². The molecule has 22 heavy (non-hydrogen) atoms. The normalized spacial score (nSPS) is 24.0. The van der Waals surface area contributed by atoms with Gasteiger partial charge in [0.1, 0.15) is 11.8 Å². The SMILES string of the molecule is CC1CCC(NS(=O)(=O)CC(=O)NC(C(=O)O)C(C)C)CC1. The van der Waals surface area contributed by atoms with E-state index in [-0.39, 0.29) is 12.0 Å². The molecule has 1 saturated carbocycles. The molecule has 1 unspecified atom stereocenters. The summed E-state index contributed by atoms with van der Waals surface area (Å²) >= 11 is 0. The van der Waals surface area contributed by atoms with E-state index in [2.05, 4.69) is 17.0 Å². The molecule has 0 aromatic carbocycles. The van der Waals surface area contributed by atoms with E-state index >= 15 is 0 Å². The first-order valence-electron chi connectivity index (χ1n) is 7.63. The highest BCUT2D eigenvalue weighted by Crippen LogP contribution is 2.23. The van der Waals surface area contributed by atoms with Crippen molar-refractivity contribution in [3.63, 3.8) is 0 Å². The summed E-state index contributed by atoms with van der Waals surface area (Å²) in [5, 5.41) is 11.3. The molecule has 0 spiro atoms. The second kappa shape index (κ2) is 7.92. The summed E-state index contributed by atoms with van der Waals surface area (Å²) in [4.78, 5) is 22.8. The molecule has 0 heterocycles. The Labute approximate surface area is 131 Å². The number of carboxylic acids is 1. The van der Waals surface area contributed by atoms with Crippen molar-refractivity contribution in [1.82, 2.24) is 10.0 Å². The van der Waals surface area contributed by atoms with Gasteiger partial charge in [-0.15, -0.1) is 0 Å². The Kier molecular flexibility index (Phi) is 6.80. The lowest BCUT2D eigenvalue weighted by molar-refractivity contribution is -0.142. The van der Waals surface area contributed by atoms with Crippen molar-refractivity contribution in [2.24, 2.45) is 11.8 Å². The van der Waals surface area contributed by atoms with Crippen LogP contribution in [0, 0.1) is 11.8 Å². The number of carbonyl (C=O) groups is 2. The molecule has 1 aliphatic carbocycles. The van der Waals surface area contributed by atoms with Gasteiger partial charge in [-0.05, 0) is 37.5 Å². The summed E-state index contributed by atoms with van der Waals surface area (Å²) in [6.45, 7) is 5.43. The molecule has 1 fully saturated rings. The van der Waals surface area contributed by atoms with Gasteiger partial charge in [0, 0.05) is 6.04 Å². The molecule has 1 atom stereocenters. The number of aliphatic carboxylic acids is 1. The number of nitrogens with one attached hydrogen (secondary N) is 2. The number of amides is 1. The van der Waals surface area contributed by atoms with Crippen LogP contribution in [-0.2, 0) is 19.6 Å². The molecule has 8 heteroatoms. The maximum absolute atomic E-state index is 12.0. The highest BCUT2D eigenvalue weighted by atomic mass is 32.2. The average Bonchev–Trinajstić information content (AvgIpc) is 2.37. The van der Waals surface area contributed by atoms with Crippen LogP contribution in [0.2, 0.25) is 0 Å². The number of sulfonamides is 1. The zero-order valence-electron chi connectivity index (χ0n) is 13.3. The first-order chi connectivity index (χ1) is 10.1. The van der Waals surface area contributed by atoms with E-state index in [0.717, 1.165) is 25.7 Å². The molecular weight excluding hydrogens is 308 g/mol. The lowest BCUT2D eigenvalue weighted by Gasteiger charge is -2.26. The molecule has 1 rings (SSSR count). The van der Waals surface area contributed by atoms with Crippen molar-refractivity contribution in [1.29, 1.82) is 0 Å². The van der Waals surface area contributed by atoms with Gasteiger partial charge >= 0.3 is 5.97 Å². The molecule has 1 aliphatic rings. The molecule has 0 aromatic heterocycles. The summed E-state index contributed by atoms with van der Waals surface area (Å²) in [6, 6.07) is -1.22. The third-order valence-corrected chi connectivity index (χ3v) is 5.27. The van der Waals surface area contributed by atoms with E-state index in [0.29, 0.717) is 5.92 Å². The molecular formula is C14H26N2O5S. The van der Waals surface area contributed by atoms with Crippen LogP contribution in [0.4, 0.5) is 0 Å². The molecule has 0 bridgehead atoms. The smallest absolute Gasteiger partial charge is 0.326 e. The Morgan fingerprint density at radius 2 is 1.73 bits per heavy atom. The second-order valence-corrected chi connectivity index (χ2v) is 8.22. The zero-order valence-corrected chi connectivity index (χ0v) is 14.1. The van der Waals surface area contributed by atoms with E-state index in [4.69, 9.17) is 5.11 Å². The Hall–Kier alpha value is -1.15. The highest BCUT2D eigenvalue weighted by molar-refractivity contribution is 7.90. The fraction of sp³-hybridized carbons (Fsp3) is 0.857. The van der Waals surface area contributed by atoms with Crippen LogP contribution in [0.5, 0.6) is 0 Å². The minimum absolute atomic E-state index is 0.130. The predicted octanol–water partition coefficient (Wildman–Crippen LogP) is 0.710. The van der Waals surface area contributed by atoms with Crippen LogP contribution in [0.1, 0.15) is 46.5 Å². The Morgan fingerprint density at radius 1 is 1.18 bits per heavy atom. The topological polar surface area (TPSA) is 113 Å². The molecule has 128 valence electrons. The van der Waals surface area contributed by atoms with Crippen molar-refractivity contribution in [3.8, 4) is 0 Å². The minimum Gasteiger partial charge on any atom is -0.480 e. The van der Waals surface area contributed by atoms with Gasteiger partial charge in [-0.25, -0.2) is 17.9 Å². The molecule has 1 amide bonds. The first-order valence-corrected chi connectivity index (χ1v) is 9.28. The lowest BCUT2D eigenvalue weighted by Crippen LogP contribution is -2.48. The zero-order chi connectivity index (χ0) is 16.9. The van der Waals surface area contributed by atoms with Gasteiger partial charge in [0.2, 0.25) is 15.9 Å².